The molecule has 0 aliphatic carbocycles. The number of aliphatic hydroxyl groups is 1. The first-order valence-corrected chi connectivity index (χ1v) is 5.22. The summed E-state index contributed by atoms with van der Waals surface area (Å²) in [6, 6.07) is 3.51. The van der Waals surface area contributed by atoms with Crippen LogP contribution in [0.15, 0.2) is 23.5 Å². The van der Waals surface area contributed by atoms with E-state index in [4.69, 9.17) is 5.11 Å². The van der Waals surface area contributed by atoms with Crippen LogP contribution < -0.4 is 10.2 Å². The van der Waals surface area contributed by atoms with Crippen LogP contribution in [0.25, 0.3) is 0 Å². The monoisotopic (exact) mass is 222 g/mol. The Morgan fingerprint density at radius 3 is 3.12 bits per heavy atom. The van der Waals surface area contributed by atoms with Crippen LogP contribution in [0.4, 0.5) is 11.5 Å². The quantitative estimate of drug-likeness (QED) is 0.717. The largest absolute Gasteiger partial charge is 0.395 e. The minimum Gasteiger partial charge on any atom is -0.395 e. The second kappa shape index (κ2) is 5.00. The third-order valence-corrected chi connectivity index (χ3v) is 2.67. The van der Waals surface area contributed by atoms with Crippen LogP contribution in [0.1, 0.15) is 0 Å². The van der Waals surface area contributed by atoms with Crippen molar-refractivity contribution in [1.29, 1.82) is 0 Å². The Hall–Kier alpha value is -1.53. The lowest BCUT2D eigenvalue weighted by Gasteiger charge is -2.34. The fraction of sp³-hybridized carbons (Fsp3) is 0.500. The molecule has 6 heteroatoms. The van der Waals surface area contributed by atoms with E-state index in [2.05, 4.69) is 20.4 Å². The summed E-state index contributed by atoms with van der Waals surface area (Å²) in [7, 11) is 0. The highest BCUT2D eigenvalue weighted by Gasteiger charge is 2.18. The van der Waals surface area contributed by atoms with Crippen molar-refractivity contribution in [2.75, 3.05) is 31.1 Å². The van der Waals surface area contributed by atoms with E-state index in [9.17, 15) is 4.91 Å². The summed E-state index contributed by atoms with van der Waals surface area (Å²) in [6.45, 7) is 2.56. The van der Waals surface area contributed by atoms with Gasteiger partial charge in [0.15, 0.2) is 5.82 Å². The first kappa shape index (κ1) is 11.0. The number of anilines is 1. The molecule has 2 rings (SSSR count). The van der Waals surface area contributed by atoms with Crippen LogP contribution in [0, 0.1) is 4.91 Å². The van der Waals surface area contributed by atoms with Gasteiger partial charge < -0.3 is 15.3 Å². The van der Waals surface area contributed by atoms with Crippen molar-refractivity contribution in [2.45, 2.75) is 6.04 Å². The number of aliphatic hydroxyl groups excluding tert-OH is 1. The number of hydrogen-bond acceptors (Lipinski definition) is 6. The molecule has 16 heavy (non-hydrogen) atoms. The van der Waals surface area contributed by atoms with Gasteiger partial charge in [-0.2, -0.15) is 0 Å². The SMILES string of the molecule is O=Nc1ccc(N2CCN[C@@H](CO)C2)cn1. The molecule has 1 fully saturated rings. The maximum atomic E-state index is 10.2. The molecule has 0 saturated carbocycles. The normalized spacial score (nSPS) is 20.8. The highest BCUT2D eigenvalue weighted by molar-refractivity contribution is 5.48. The Kier molecular flexibility index (Phi) is 3.43. The Labute approximate surface area is 93.3 Å². The second-order valence-electron chi connectivity index (χ2n) is 3.75. The molecular formula is C10H14N4O2. The summed E-state index contributed by atoms with van der Waals surface area (Å²) in [6.07, 6.45) is 1.64. The van der Waals surface area contributed by atoms with Gasteiger partial charge >= 0.3 is 0 Å². The van der Waals surface area contributed by atoms with E-state index in [1.165, 1.54) is 0 Å². The topological polar surface area (TPSA) is 77.8 Å². The van der Waals surface area contributed by atoms with E-state index in [1.54, 1.807) is 12.3 Å². The molecule has 2 N–H and O–H groups in total. The molecular weight excluding hydrogens is 208 g/mol. The molecule has 1 aromatic heterocycles. The van der Waals surface area contributed by atoms with E-state index in [0.29, 0.717) is 0 Å². The second-order valence-corrected chi connectivity index (χ2v) is 3.75. The van der Waals surface area contributed by atoms with Gasteiger partial charge in [-0.25, -0.2) is 4.98 Å². The van der Waals surface area contributed by atoms with Crippen molar-refractivity contribution in [2.24, 2.45) is 5.18 Å². The van der Waals surface area contributed by atoms with Crippen LogP contribution in [0.3, 0.4) is 0 Å². The predicted octanol–water partition coefficient (Wildman–Crippen LogP) is 0.250. The molecule has 0 unspecified atom stereocenters. The van der Waals surface area contributed by atoms with Gasteiger partial charge in [-0.15, -0.1) is 4.91 Å². The lowest BCUT2D eigenvalue weighted by molar-refractivity contribution is 0.235. The van der Waals surface area contributed by atoms with Crippen LogP contribution in [0.2, 0.25) is 0 Å². The minimum atomic E-state index is 0.0950. The zero-order valence-corrected chi connectivity index (χ0v) is 8.83. The Balaban J connectivity index is 2.07. The predicted molar refractivity (Wildman–Crippen MR) is 60.8 cm³/mol. The molecule has 0 aromatic carbocycles. The van der Waals surface area contributed by atoms with E-state index in [-0.39, 0.29) is 18.5 Å². The molecule has 0 spiro atoms. The minimum absolute atomic E-state index is 0.0950. The lowest BCUT2D eigenvalue weighted by Crippen LogP contribution is -2.52. The molecule has 0 bridgehead atoms. The van der Waals surface area contributed by atoms with E-state index in [1.807, 2.05) is 6.07 Å². The van der Waals surface area contributed by atoms with Gasteiger partial charge in [-0.3, -0.25) is 0 Å². The molecule has 86 valence electrons. The zero-order valence-electron chi connectivity index (χ0n) is 8.83. The molecule has 1 saturated heterocycles. The zero-order chi connectivity index (χ0) is 11.4. The van der Waals surface area contributed by atoms with Crippen molar-refractivity contribution in [3.05, 3.63) is 23.2 Å². The number of pyridine rings is 1. The average molecular weight is 222 g/mol. The molecule has 1 aliphatic rings. The van der Waals surface area contributed by atoms with Crippen molar-refractivity contribution in [3.63, 3.8) is 0 Å². The molecule has 2 heterocycles. The molecule has 1 aromatic rings. The fourth-order valence-corrected chi connectivity index (χ4v) is 1.80. The van der Waals surface area contributed by atoms with Crippen LogP contribution >= 0.6 is 0 Å². The smallest absolute Gasteiger partial charge is 0.196 e. The highest BCUT2D eigenvalue weighted by Crippen LogP contribution is 2.17. The molecule has 0 radical (unpaired) electrons. The third-order valence-electron chi connectivity index (χ3n) is 2.67. The first-order chi connectivity index (χ1) is 7.83. The fourth-order valence-electron chi connectivity index (χ4n) is 1.80. The van der Waals surface area contributed by atoms with Gasteiger partial charge in [0, 0.05) is 25.7 Å². The molecule has 1 aliphatic heterocycles. The van der Waals surface area contributed by atoms with Crippen LogP contribution in [0.5, 0.6) is 0 Å². The maximum Gasteiger partial charge on any atom is 0.196 e. The number of hydrogen-bond donors (Lipinski definition) is 2. The van der Waals surface area contributed by atoms with Crippen molar-refractivity contribution >= 4 is 11.5 Å². The number of nitrogens with one attached hydrogen (secondary N) is 1. The van der Waals surface area contributed by atoms with E-state index < -0.39 is 0 Å². The Morgan fingerprint density at radius 1 is 1.62 bits per heavy atom. The van der Waals surface area contributed by atoms with Gasteiger partial charge in [-0.05, 0) is 17.3 Å². The van der Waals surface area contributed by atoms with Crippen LogP contribution in [-0.2, 0) is 0 Å². The van der Waals surface area contributed by atoms with E-state index >= 15 is 0 Å². The van der Waals surface area contributed by atoms with Gasteiger partial charge in [0.1, 0.15) is 0 Å². The highest BCUT2D eigenvalue weighted by atomic mass is 16.3. The summed E-state index contributed by atoms with van der Waals surface area (Å²) in [4.78, 5) is 16.3. The van der Waals surface area contributed by atoms with Gasteiger partial charge in [0.05, 0.1) is 18.5 Å². The van der Waals surface area contributed by atoms with Gasteiger partial charge in [-0.1, -0.05) is 0 Å². The lowest BCUT2D eigenvalue weighted by atomic mass is 10.2. The van der Waals surface area contributed by atoms with Crippen molar-refractivity contribution in [3.8, 4) is 0 Å². The van der Waals surface area contributed by atoms with Gasteiger partial charge in [0.25, 0.3) is 0 Å². The summed E-state index contributed by atoms with van der Waals surface area (Å²) >= 11 is 0. The van der Waals surface area contributed by atoms with E-state index in [0.717, 1.165) is 25.3 Å². The molecule has 0 amide bonds. The summed E-state index contributed by atoms with van der Waals surface area (Å²) in [5, 5.41) is 15.0. The number of aromatic nitrogens is 1. The third kappa shape index (κ3) is 2.34. The standard InChI is InChI=1S/C10H14N4O2/c15-7-8-6-14(4-3-11-8)9-1-2-10(13-16)12-5-9/h1-2,5,8,11,15H,3-4,6-7H2/t8-/m1/s1. The van der Waals surface area contributed by atoms with Crippen molar-refractivity contribution < 1.29 is 5.11 Å². The number of rotatable bonds is 3. The summed E-state index contributed by atoms with van der Waals surface area (Å²) < 4.78 is 0. The first-order valence-electron chi connectivity index (χ1n) is 5.22. The van der Waals surface area contributed by atoms with Crippen LogP contribution in [-0.4, -0.2) is 42.4 Å². The summed E-state index contributed by atoms with van der Waals surface area (Å²) in [5.74, 6) is 0.192. The number of piperazine rings is 1. The molecule has 1 atom stereocenters. The number of nitrogens with zero attached hydrogens (tertiary/aromatic N) is 3. The van der Waals surface area contributed by atoms with Crippen molar-refractivity contribution in [1.82, 2.24) is 10.3 Å². The summed E-state index contributed by atoms with van der Waals surface area (Å²) in [5.41, 5.74) is 0.951. The Morgan fingerprint density at radius 2 is 2.50 bits per heavy atom. The number of nitroso groups, excluding NO2 is 1. The maximum absolute atomic E-state index is 10.2. The van der Waals surface area contributed by atoms with Gasteiger partial charge in [0.2, 0.25) is 0 Å². The average Bonchev–Trinajstić information content (AvgIpc) is 2.39. The molecule has 6 nitrogen and oxygen atoms in total. The Bertz CT molecular complexity index is 354.